The van der Waals surface area contributed by atoms with Gasteiger partial charge in [0.25, 0.3) is 0 Å². The van der Waals surface area contributed by atoms with Crippen molar-refractivity contribution in [1.29, 1.82) is 0 Å². The Hall–Kier alpha value is -0.840. The van der Waals surface area contributed by atoms with E-state index in [2.05, 4.69) is 13.0 Å². The monoisotopic (exact) mass is 299 g/mol. The van der Waals surface area contributed by atoms with E-state index in [0.717, 1.165) is 11.3 Å². The summed E-state index contributed by atoms with van der Waals surface area (Å²) < 4.78 is 12.3. The molecule has 0 aliphatic carbocycles. The Bertz CT molecular complexity index is 580. The number of nitrogens with two attached hydrogens (primary N) is 1. The number of hydrogen-bond donors (Lipinski definition) is 1. The molecule has 0 fully saturated rings. The second kappa shape index (κ2) is 5.87. The highest BCUT2D eigenvalue weighted by Crippen LogP contribution is 2.25. The summed E-state index contributed by atoms with van der Waals surface area (Å²) in [6.45, 7) is 2.11. The summed E-state index contributed by atoms with van der Waals surface area (Å²) in [6, 6.07) is 9.20. The molecule has 0 bridgehead atoms. The Morgan fingerprint density at radius 2 is 2.00 bits per heavy atom. The molecule has 0 saturated heterocycles. The highest BCUT2D eigenvalue weighted by atomic mass is 35.5. The number of benzene rings is 1. The zero-order valence-corrected chi connectivity index (χ0v) is 12.4. The molecule has 2 aromatic rings. The van der Waals surface area contributed by atoms with Gasteiger partial charge in [0, 0.05) is 20.5 Å². The molecule has 0 spiro atoms. The molecule has 1 aromatic heterocycles. The van der Waals surface area contributed by atoms with Crippen molar-refractivity contribution >= 4 is 39.4 Å². The van der Waals surface area contributed by atoms with Crippen LogP contribution in [0.25, 0.3) is 0 Å². The minimum atomic E-state index is -1.14. The number of thiophene rings is 1. The molecule has 1 unspecified atom stereocenters. The third-order valence-electron chi connectivity index (χ3n) is 2.56. The quantitative estimate of drug-likeness (QED) is 0.871. The van der Waals surface area contributed by atoms with E-state index in [1.54, 1.807) is 29.5 Å². The topological polar surface area (TPSA) is 43.1 Å². The molecule has 5 heteroatoms. The third kappa shape index (κ3) is 3.13. The van der Waals surface area contributed by atoms with Gasteiger partial charge in [-0.25, -0.2) is 0 Å². The minimum Gasteiger partial charge on any atom is -0.398 e. The molecule has 0 amide bonds. The summed E-state index contributed by atoms with van der Waals surface area (Å²) in [5.74, 6) is 0.495. The summed E-state index contributed by atoms with van der Waals surface area (Å²) in [7, 11) is -1.14. The van der Waals surface area contributed by atoms with Crippen molar-refractivity contribution in [3.63, 3.8) is 0 Å². The maximum absolute atomic E-state index is 12.3. The van der Waals surface area contributed by atoms with Gasteiger partial charge >= 0.3 is 0 Å². The third-order valence-corrected chi connectivity index (χ3v) is 5.62. The molecule has 1 aromatic carbocycles. The maximum Gasteiger partial charge on any atom is 0.0635 e. The van der Waals surface area contributed by atoms with Crippen LogP contribution in [-0.2, 0) is 23.0 Å². The fourth-order valence-electron chi connectivity index (χ4n) is 1.60. The van der Waals surface area contributed by atoms with Gasteiger partial charge in [0.2, 0.25) is 0 Å². The molecule has 96 valence electrons. The highest BCUT2D eigenvalue weighted by Gasteiger charge is 2.11. The number of nitrogen functional groups attached to an aromatic ring is 1. The molecule has 0 radical (unpaired) electrons. The Morgan fingerprint density at radius 1 is 1.28 bits per heavy atom. The van der Waals surface area contributed by atoms with Crippen LogP contribution in [0.1, 0.15) is 16.7 Å². The Balaban J connectivity index is 2.19. The van der Waals surface area contributed by atoms with Crippen molar-refractivity contribution < 1.29 is 4.21 Å². The first-order chi connectivity index (χ1) is 8.60. The number of hydrogen-bond acceptors (Lipinski definition) is 3. The summed E-state index contributed by atoms with van der Waals surface area (Å²) in [5.41, 5.74) is 6.36. The van der Waals surface area contributed by atoms with Gasteiger partial charge < -0.3 is 5.73 Å². The van der Waals surface area contributed by atoms with Crippen molar-refractivity contribution in [2.45, 2.75) is 24.0 Å². The van der Waals surface area contributed by atoms with Gasteiger partial charge in [0.15, 0.2) is 0 Å². The molecule has 18 heavy (non-hydrogen) atoms. The predicted octanol–water partition coefficient (Wildman–Crippen LogP) is 3.85. The van der Waals surface area contributed by atoms with E-state index in [1.165, 1.54) is 4.88 Å². The van der Waals surface area contributed by atoms with Gasteiger partial charge in [-0.2, -0.15) is 0 Å². The van der Waals surface area contributed by atoms with Crippen LogP contribution in [0.4, 0.5) is 5.69 Å². The van der Waals surface area contributed by atoms with Crippen LogP contribution in [0.3, 0.4) is 0 Å². The van der Waals surface area contributed by atoms with Crippen molar-refractivity contribution in [3.8, 4) is 0 Å². The van der Waals surface area contributed by atoms with Crippen molar-refractivity contribution in [2.75, 3.05) is 5.73 Å². The lowest BCUT2D eigenvalue weighted by Gasteiger charge is -2.05. The number of halogens is 1. The molecule has 2 rings (SSSR count). The van der Waals surface area contributed by atoms with E-state index in [4.69, 9.17) is 17.3 Å². The van der Waals surface area contributed by atoms with Crippen LogP contribution < -0.4 is 5.73 Å². The number of aryl methyl sites for hydroxylation is 1. The lowest BCUT2D eigenvalue weighted by molar-refractivity contribution is 0.683. The summed E-state index contributed by atoms with van der Waals surface area (Å²) in [4.78, 5) is 3.04. The first-order valence-corrected chi connectivity index (χ1v) is 8.12. The van der Waals surface area contributed by atoms with Crippen LogP contribution in [0, 0.1) is 0 Å². The van der Waals surface area contributed by atoms with Gasteiger partial charge in [-0.3, -0.25) is 4.21 Å². The number of anilines is 1. The standard InChI is InChI=1S/C13H14ClNOS2/c1-2-10-4-5-11(17-10)8-18(16)13-7-9(14)3-6-12(13)15/h3-7H,2,8,15H2,1H3. The lowest BCUT2D eigenvalue weighted by atomic mass is 10.3. The first kappa shape index (κ1) is 13.6. The zero-order chi connectivity index (χ0) is 13.1. The predicted molar refractivity (Wildman–Crippen MR) is 79.7 cm³/mol. The molecular weight excluding hydrogens is 286 g/mol. The van der Waals surface area contributed by atoms with Crippen LogP contribution in [0.5, 0.6) is 0 Å². The minimum absolute atomic E-state index is 0.495. The van der Waals surface area contributed by atoms with Gasteiger partial charge in [-0.1, -0.05) is 18.5 Å². The summed E-state index contributed by atoms with van der Waals surface area (Å²) in [6.07, 6.45) is 1.01. The highest BCUT2D eigenvalue weighted by molar-refractivity contribution is 7.84. The molecule has 2 nitrogen and oxygen atoms in total. The average Bonchev–Trinajstić information content (AvgIpc) is 2.80. The zero-order valence-electron chi connectivity index (χ0n) is 9.98. The Kier molecular flexibility index (Phi) is 4.43. The fraction of sp³-hybridized carbons (Fsp3) is 0.231. The van der Waals surface area contributed by atoms with Crippen molar-refractivity contribution in [3.05, 3.63) is 45.1 Å². The van der Waals surface area contributed by atoms with Crippen LogP contribution in [0.15, 0.2) is 35.2 Å². The summed E-state index contributed by atoms with van der Waals surface area (Å²) >= 11 is 7.60. The Morgan fingerprint density at radius 3 is 2.67 bits per heavy atom. The lowest BCUT2D eigenvalue weighted by Crippen LogP contribution is -1.99. The average molecular weight is 300 g/mol. The maximum atomic E-state index is 12.3. The van der Waals surface area contributed by atoms with E-state index >= 15 is 0 Å². The molecule has 0 aliphatic heterocycles. The van der Waals surface area contributed by atoms with E-state index in [1.807, 2.05) is 6.07 Å². The molecular formula is C13H14ClNOS2. The van der Waals surface area contributed by atoms with E-state index < -0.39 is 10.8 Å². The smallest absolute Gasteiger partial charge is 0.0635 e. The van der Waals surface area contributed by atoms with Gasteiger partial charge in [0.05, 0.1) is 21.4 Å². The van der Waals surface area contributed by atoms with Gasteiger partial charge in [0.1, 0.15) is 0 Å². The number of rotatable bonds is 4. The normalized spacial score (nSPS) is 12.6. The SMILES string of the molecule is CCc1ccc(CS(=O)c2cc(Cl)ccc2N)s1. The van der Waals surface area contributed by atoms with Gasteiger partial charge in [-0.15, -0.1) is 11.3 Å². The van der Waals surface area contributed by atoms with Crippen LogP contribution >= 0.6 is 22.9 Å². The summed E-state index contributed by atoms with van der Waals surface area (Å²) in [5, 5.41) is 0.563. The van der Waals surface area contributed by atoms with Crippen LogP contribution in [0.2, 0.25) is 5.02 Å². The molecule has 2 N–H and O–H groups in total. The molecule has 0 aliphatic rings. The van der Waals surface area contributed by atoms with Crippen LogP contribution in [-0.4, -0.2) is 4.21 Å². The fourth-order valence-corrected chi connectivity index (χ4v) is 4.25. The van der Waals surface area contributed by atoms with E-state index in [9.17, 15) is 4.21 Å². The Labute approximate surface area is 118 Å². The molecule has 1 heterocycles. The van der Waals surface area contributed by atoms with Crippen molar-refractivity contribution in [1.82, 2.24) is 0 Å². The first-order valence-electron chi connectivity index (χ1n) is 5.61. The van der Waals surface area contributed by atoms with E-state index in [-0.39, 0.29) is 0 Å². The second-order valence-corrected chi connectivity index (χ2v) is 7.00. The van der Waals surface area contributed by atoms with Crippen molar-refractivity contribution in [2.24, 2.45) is 0 Å². The molecule has 0 saturated carbocycles. The van der Waals surface area contributed by atoms with E-state index in [0.29, 0.717) is 21.4 Å². The second-order valence-electron chi connectivity index (χ2n) is 3.89. The molecule has 1 atom stereocenters. The largest absolute Gasteiger partial charge is 0.398 e. The van der Waals surface area contributed by atoms with Gasteiger partial charge in [-0.05, 0) is 36.8 Å².